The largest absolute Gasteiger partial charge is 0.373 e. The van der Waals surface area contributed by atoms with Crippen LogP contribution in [0.2, 0.25) is 5.02 Å². The number of benzene rings is 1. The molecular weight excluding hydrogens is 253 g/mol. The maximum absolute atomic E-state index is 13.9. The highest BCUT2D eigenvalue weighted by Crippen LogP contribution is 2.49. The summed E-state index contributed by atoms with van der Waals surface area (Å²) in [6.07, 6.45) is 3.15. The smallest absolute Gasteiger partial charge is 0.145 e. The zero-order valence-electron chi connectivity index (χ0n) is 9.83. The van der Waals surface area contributed by atoms with Gasteiger partial charge in [0, 0.05) is 0 Å². The summed E-state index contributed by atoms with van der Waals surface area (Å²) in [5, 5.41) is 9.59. The van der Waals surface area contributed by atoms with Crippen LogP contribution >= 0.6 is 11.6 Å². The van der Waals surface area contributed by atoms with Crippen molar-refractivity contribution in [3.05, 3.63) is 34.6 Å². The van der Waals surface area contributed by atoms with Gasteiger partial charge in [-0.3, -0.25) is 0 Å². The second-order valence-electron chi connectivity index (χ2n) is 5.19. The summed E-state index contributed by atoms with van der Waals surface area (Å²) in [6, 6.07) is 7.32. The quantitative estimate of drug-likeness (QED) is 0.820. The Morgan fingerprint density at radius 1 is 1.50 bits per heavy atom. The summed E-state index contributed by atoms with van der Waals surface area (Å²) in [4.78, 5) is 0. The van der Waals surface area contributed by atoms with Gasteiger partial charge in [-0.05, 0) is 37.3 Å². The summed E-state index contributed by atoms with van der Waals surface area (Å²) in [7, 11) is 0. The topological polar surface area (TPSA) is 33.0 Å². The van der Waals surface area contributed by atoms with Gasteiger partial charge in [0.15, 0.2) is 0 Å². The van der Waals surface area contributed by atoms with Gasteiger partial charge in [0.2, 0.25) is 0 Å². The third kappa shape index (κ3) is 1.72. The highest BCUT2D eigenvalue weighted by Gasteiger charge is 2.53. The van der Waals surface area contributed by atoms with Gasteiger partial charge in [-0.2, -0.15) is 5.26 Å². The Bertz CT molecular complexity index is 527. The van der Waals surface area contributed by atoms with Gasteiger partial charge in [0.25, 0.3) is 0 Å². The fourth-order valence-electron chi connectivity index (χ4n) is 3.17. The minimum atomic E-state index is -0.575. The van der Waals surface area contributed by atoms with Crippen LogP contribution in [0.25, 0.3) is 0 Å². The van der Waals surface area contributed by atoms with Crippen LogP contribution in [0, 0.1) is 22.6 Å². The molecule has 3 atom stereocenters. The van der Waals surface area contributed by atoms with E-state index < -0.39 is 11.2 Å². The normalized spacial score (nSPS) is 33.6. The fourth-order valence-corrected chi connectivity index (χ4v) is 3.36. The Kier molecular flexibility index (Phi) is 2.80. The highest BCUT2D eigenvalue weighted by molar-refractivity contribution is 6.30. The number of nitrogens with zero attached hydrogens (tertiary/aromatic N) is 1. The molecule has 0 N–H and O–H groups in total. The van der Waals surface area contributed by atoms with Crippen molar-refractivity contribution in [1.82, 2.24) is 0 Å². The van der Waals surface area contributed by atoms with Crippen LogP contribution in [0.15, 0.2) is 18.2 Å². The summed E-state index contributed by atoms with van der Waals surface area (Å²) in [5.41, 5.74) is -0.0609. The highest BCUT2D eigenvalue weighted by atomic mass is 35.5. The molecule has 2 aliphatic heterocycles. The first-order valence-corrected chi connectivity index (χ1v) is 6.52. The zero-order valence-corrected chi connectivity index (χ0v) is 10.6. The van der Waals surface area contributed by atoms with Crippen molar-refractivity contribution in [1.29, 1.82) is 5.26 Å². The molecule has 0 spiro atoms. The van der Waals surface area contributed by atoms with Crippen LogP contribution in [0.3, 0.4) is 0 Å². The molecule has 94 valence electrons. The van der Waals surface area contributed by atoms with Crippen molar-refractivity contribution in [3.63, 3.8) is 0 Å². The van der Waals surface area contributed by atoms with E-state index in [4.69, 9.17) is 16.3 Å². The van der Waals surface area contributed by atoms with Gasteiger partial charge in [-0.15, -0.1) is 0 Å². The monoisotopic (exact) mass is 265 g/mol. The summed E-state index contributed by atoms with van der Waals surface area (Å²) in [6.45, 7) is 0. The second kappa shape index (κ2) is 4.22. The minimum Gasteiger partial charge on any atom is -0.373 e. The Labute approximate surface area is 110 Å². The molecule has 2 aliphatic rings. The van der Waals surface area contributed by atoms with Crippen LogP contribution in [0.5, 0.6) is 0 Å². The first kappa shape index (κ1) is 12.0. The summed E-state index contributed by atoms with van der Waals surface area (Å²) >= 11 is 5.78. The number of hydrogen-bond acceptors (Lipinski definition) is 2. The van der Waals surface area contributed by atoms with E-state index in [1.165, 1.54) is 6.07 Å². The molecule has 1 aromatic rings. The number of fused-ring (bicyclic) bond motifs is 2. The lowest BCUT2D eigenvalue weighted by molar-refractivity contribution is 0.0785. The van der Waals surface area contributed by atoms with E-state index in [0.717, 1.165) is 12.8 Å². The molecule has 3 unspecified atom stereocenters. The molecule has 1 aromatic carbocycles. The third-order valence-corrected chi connectivity index (χ3v) is 4.37. The van der Waals surface area contributed by atoms with Gasteiger partial charge in [0.1, 0.15) is 5.82 Å². The van der Waals surface area contributed by atoms with Crippen molar-refractivity contribution in [2.24, 2.45) is 5.41 Å². The number of rotatable bonds is 2. The summed E-state index contributed by atoms with van der Waals surface area (Å²) in [5.74, 6) is -0.406. The predicted octanol–water partition coefficient (Wildman–Crippen LogP) is 3.48. The molecule has 0 aromatic heterocycles. The van der Waals surface area contributed by atoms with E-state index in [1.807, 2.05) is 0 Å². The lowest BCUT2D eigenvalue weighted by Crippen LogP contribution is -2.33. The Morgan fingerprint density at radius 2 is 2.33 bits per heavy atom. The van der Waals surface area contributed by atoms with E-state index in [0.29, 0.717) is 18.4 Å². The molecule has 2 heterocycles. The maximum atomic E-state index is 13.9. The first-order chi connectivity index (χ1) is 8.64. The average Bonchev–Trinajstić information content (AvgIpc) is 2.96. The molecular formula is C14H13ClFNO. The van der Waals surface area contributed by atoms with Crippen molar-refractivity contribution in [3.8, 4) is 6.07 Å². The predicted molar refractivity (Wildman–Crippen MR) is 65.7 cm³/mol. The van der Waals surface area contributed by atoms with Crippen LogP contribution in [0.4, 0.5) is 4.39 Å². The maximum Gasteiger partial charge on any atom is 0.145 e. The number of halogens is 2. The standard InChI is InChI=1S/C14H13ClFNO/c15-11-3-1-2-9(13(11)16)6-14(8-17)7-10-4-5-12(14)18-10/h1-3,10,12H,4-7H2. The van der Waals surface area contributed by atoms with Gasteiger partial charge in [0.05, 0.1) is 28.7 Å². The van der Waals surface area contributed by atoms with E-state index in [-0.39, 0.29) is 17.2 Å². The molecule has 2 fully saturated rings. The van der Waals surface area contributed by atoms with E-state index >= 15 is 0 Å². The lowest BCUT2D eigenvalue weighted by Gasteiger charge is -2.28. The molecule has 2 saturated heterocycles. The van der Waals surface area contributed by atoms with Gasteiger partial charge < -0.3 is 4.74 Å². The minimum absolute atomic E-state index is 0.0501. The molecule has 0 aliphatic carbocycles. The van der Waals surface area contributed by atoms with Crippen LogP contribution in [-0.2, 0) is 11.2 Å². The van der Waals surface area contributed by atoms with Crippen molar-refractivity contribution in [2.75, 3.05) is 0 Å². The number of nitriles is 1. The van der Waals surface area contributed by atoms with Gasteiger partial charge in [-0.1, -0.05) is 23.7 Å². The Morgan fingerprint density at radius 3 is 2.94 bits per heavy atom. The molecule has 18 heavy (non-hydrogen) atoms. The number of ether oxygens (including phenoxy) is 1. The molecule has 3 rings (SSSR count). The first-order valence-electron chi connectivity index (χ1n) is 6.14. The molecule has 2 bridgehead atoms. The zero-order chi connectivity index (χ0) is 12.8. The molecule has 0 saturated carbocycles. The number of hydrogen-bond donors (Lipinski definition) is 0. The van der Waals surface area contributed by atoms with E-state index in [9.17, 15) is 9.65 Å². The third-order valence-electron chi connectivity index (χ3n) is 4.08. The SMILES string of the molecule is N#CC1(Cc2cccc(Cl)c2F)CC2CCC1O2. The van der Waals surface area contributed by atoms with Crippen molar-refractivity contribution >= 4 is 11.6 Å². The van der Waals surface area contributed by atoms with E-state index in [2.05, 4.69) is 6.07 Å². The summed E-state index contributed by atoms with van der Waals surface area (Å²) < 4.78 is 19.7. The van der Waals surface area contributed by atoms with Crippen LogP contribution in [-0.4, -0.2) is 12.2 Å². The molecule has 0 amide bonds. The molecule has 4 heteroatoms. The van der Waals surface area contributed by atoms with E-state index in [1.54, 1.807) is 12.1 Å². The van der Waals surface area contributed by atoms with Gasteiger partial charge >= 0.3 is 0 Å². The Balaban J connectivity index is 1.92. The van der Waals surface area contributed by atoms with Crippen molar-refractivity contribution < 1.29 is 9.13 Å². The average molecular weight is 266 g/mol. The van der Waals surface area contributed by atoms with Crippen LogP contribution < -0.4 is 0 Å². The van der Waals surface area contributed by atoms with Crippen molar-refractivity contribution in [2.45, 2.75) is 37.9 Å². The van der Waals surface area contributed by atoms with Gasteiger partial charge in [-0.25, -0.2) is 4.39 Å². The fraction of sp³-hybridized carbons (Fsp3) is 0.500. The Hall–Kier alpha value is -1.11. The molecule has 0 radical (unpaired) electrons. The second-order valence-corrected chi connectivity index (χ2v) is 5.59. The van der Waals surface area contributed by atoms with Crippen LogP contribution in [0.1, 0.15) is 24.8 Å². The lowest BCUT2D eigenvalue weighted by atomic mass is 9.71. The molecule has 2 nitrogen and oxygen atoms in total.